The minimum atomic E-state index is -3.04. The van der Waals surface area contributed by atoms with Gasteiger partial charge >= 0.3 is 0 Å². The van der Waals surface area contributed by atoms with E-state index in [0.29, 0.717) is 11.1 Å². The van der Waals surface area contributed by atoms with Crippen molar-refractivity contribution in [3.63, 3.8) is 0 Å². The first-order chi connectivity index (χ1) is 19.6. The lowest BCUT2D eigenvalue weighted by Crippen LogP contribution is -2.10. The van der Waals surface area contributed by atoms with Crippen LogP contribution in [-0.2, 0) is 5.92 Å². The van der Waals surface area contributed by atoms with Crippen molar-refractivity contribution in [3.05, 3.63) is 139 Å². The Balaban J connectivity index is 1.41. The highest BCUT2D eigenvalue weighted by molar-refractivity contribution is 6.25. The van der Waals surface area contributed by atoms with Crippen LogP contribution in [0.3, 0.4) is 0 Å². The predicted octanol–water partition coefficient (Wildman–Crippen LogP) is 10.4. The molecule has 0 atom stereocenters. The third kappa shape index (κ3) is 2.69. The van der Waals surface area contributed by atoms with E-state index in [1.54, 1.807) is 24.3 Å². The number of fused-ring (bicyclic) bond motifs is 12. The Kier molecular flexibility index (Phi) is 4.13. The standard InChI is InChI=1S/C37H21F2N/c38-37(39)33-15-7-5-13-28(33)31-20-32-29-14-6-8-16-35(29)40(36(32)21-34(31)37)22-17-18-27-25-11-2-1-9-23(25)24-10-3-4-12-26(24)30(27)19-22/h1-21H. The predicted molar refractivity (Wildman–Crippen MR) is 162 cm³/mol. The Labute approximate surface area is 228 Å². The number of nitrogens with zero attached hydrogens (tertiary/aromatic N) is 1. The fourth-order valence-corrected chi connectivity index (χ4v) is 6.95. The lowest BCUT2D eigenvalue weighted by atomic mass is 9.94. The van der Waals surface area contributed by atoms with E-state index < -0.39 is 5.92 Å². The Bertz CT molecular complexity index is 2320. The average Bonchev–Trinajstić information content (AvgIpc) is 3.45. The maximum absolute atomic E-state index is 15.8. The van der Waals surface area contributed by atoms with Crippen molar-refractivity contribution < 1.29 is 8.78 Å². The van der Waals surface area contributed by atoms with E-state index in [9.17, 15) is 0 Å². The first-order valence-electron chi connectivity index (χ1n) is 13.5. The van der Waals surface area contributed by atoms with E-state index in [1.165, 1.54) is 26.9 Å². The Morgan fingerprint density at radius 3 is 1.70 bits per heavy atom. The molecule has 3 heteroatoms. The van der Waals surface area contributed by atoms with Crippen LogP contribution in [0.25, 0.3) is 70.9 Å². The smallest absolute Gasteiger partial charge is 0.299 e. The zero-order chi connectivity index (χ0) is 26.6. The molecule has 0 amide bonds. The minimum Gasteiger partial charge on any atom is -0.309 e. The highest BCUT2D eigenvalue weighted by atomic mass is 19.3. The van der Waals surface area contributed by atoms with Crippen LogP contribution in [-0.4, -0.2) is 4.57 Å². The lowest BCUT2D eigenvalue weighted by Gasteiger charge is -2.15. The van der Waals surface area contributed by atoms with Gasteiger partial charge in [0, 0.05) is 27.6 Å². The summed E-state index contributed by atoms with van der Waals surface area (Å²) in [6.07, 6.45) is 0. The number of benzene rings is 7. The van der Waals surface area contributed by atoms with Crippen LogP contribution in [0.2, 0.25) is 0 Å². The maximum Gasteiger partial charge on any atom is 0.299 e. The SMILES string of the molecule is FC1(F)c2ccccc2-c2cc3c4ccccc4n(-c4ccc5c6ccccc6c6ccccc6c5c4)c3cc21. The molecule has 0 spiro atoms. The molecule has 1 nitrogen and oxygen atoms in total. The van der Waals surface area contributed by atoms with Crippen molar-refractivity contribution in [3.8, 4) is 16.8 Å². The number of halogens is 2. The van der Waals surface area contributed by atoms with Crippen molar-refractivity contribution >= 4 is 54.1 Å². The van der Waals surface area contributed by atoms with Gasteiger partial charge < -0.3 is 4.57 Å². The molecule has 0 saturated carbocycles. The highest BCUT2D eigenvalue weighted by Crippen LogP contribution is 2.53. The van der Waals surface area contributed by atoms with Gasteiger partial charge in [0.25, 0.3) is 5.92 Å². The second-order valence-corrected chi connectivity index (χ2v) is 10.7. The molecule has 188 valence electrons. The number of rotatable bonds is 1. The van der Waals surface area contributed by atoms with Crippen LogP contribution >= 0.6 is 0 Å². The molecule has 0 fully saturated rings. The summed E-state index contributed by atoms with van der Waals surface area (Å²) in [7, 11) is 0. The van der Waals surface area contributed by atoms with Gasteiger partial charge in [0.15, 0.2) is 0 Å². The van der Waals surface area contributed by atoms with E-state index in [0.717, 1.165) is 32.9 Å². The van der Waals surface area contributed by atoms with Crippen molar-refractivity contribution in [2.45, 2.75) is 5.92 Å². The van der Waals surface area contributed by atoms with Gasteiger partial charge in [-0.2, -0.15) is 8.78 Å². The van der Waals surface area contributed by atoms with Gasteiger partial charge in [0.1, 0.15) is 0 Å². The van der Waals surface area contributed by atoms with Crippen LogP contribution in [0.5, 0.6) is 0 Å². The van der Waals surface area contributed by atoms with Crippen LogP contribution < -0.4 is 0 Å². The summed E-state index contributed by atoms with van der Waals surface area (Å²) < 4.78 is 33.7. The third-order valence-corrected chi connectivity index (χ3v) is 8.69. The zero-order valence-electron chi connectivity index (χ0n) is 21.3. The largest absolute Gasteiger partial charge is 0.309 e. The molecule has 0 unspecified atom stereocenters. The van der Waals surface area contributed by atoms with E-state index in [-0.39, 0.29) is 11.1 Å². The fourth-order valence-electron chi connectivity index (χ4n) is 6.95. The van der Waals surface area contributed by atoms with Gasteiger partial charge in [0.2, 0.25) is 0 Å². The quantitative estimate of drug-likeness (QED) is 0.191. The molecule has 8 aromatic rings. The first kappa shape index (κ1) is 21.9. The molecule has 1 aliphatic carbocycles. The first-order valence-corrected chi connectivity index (χ1v) is 13.5. The number of alkyl halides is 2. The van der Waals surface area contributed by atoms with E-state index in [4.69, 9.17) is 0 Å². The molecule has 40 heavy (non-hydrogen) atoms. The van der Waals surface area contributed by atoms with Crippen molar-refractivity contribution in [1.29, 1.82) is 0 Å². The molecule has 1 heterocycles. The fraction of sp³-hybridized carbons (Fsp3) is 0.0270. The molecular formula is C37H21F2N. The average molecular weight is 518 g/mol. The lowest BCUT2D eigenvalue weighted by molar-refractivity contribution is 0.0481. The van der Waals surface area contributed by atoms with Crippen molar-refractivity contribution in [2.75, 3.05) is 0 Å². The Morgan fingerprint density at radius 1 is 0.400 bits per heavy atom. The Morgan fingerprint density at radius 2 is 0.975 bits per heavy atom. The summed E-state index contributed by atoms with van der Waals surface area (Å²) in [5, 5.41) is 9.19. The van der Waals surface area contributed by atoms with E-state index >= 15 is 8.78 Å². The zero-order valence-corrected chi connectivity index (χ0v) is 21.3. The van der Waals surface area contributed by atoms with Gasteiger partial charge in [-0.1, -0.05) is 97.1 Å². The van der Waals surface area contributed by atoms with Crippen LogP contribution in [0.1, 0.15) is 11.1 Å². The number of hydrogen-bond acceptors (Lipinski definition) is 0. The molecule has 0 radical (unpaired) electrons. The topological polar surface area (TPSA) is 4.93 Å². The number of hydrogen-bond donors (Lipinski definition) is 0. The van der Waals surface area contributed by atoms with E-state index in [1.807, 2.05) is 24.3 Å². The van der Waals surface area contributed by atoms with Crippen LogP contribution in [0.4, 0.5) is 8.78 Å². The highest BCUT2D eigenvalue weighted by Gasteiger charge is 2.44. The summed E-state index contributed by atoms with van der Waals surface area (Å²) in [6.45, 7) is 0. The normalized spacial score (nSPS) is 13.9. The van der Waals surface area contributed by atoms with E-state index in [2.05, 4.69) is 83.4 Å². The summed E-state index contributed by atoms with van der Waals surface area (Å²) in [5.74, 6) is -3.04. The van der Waals surface area contributed by atoms with Crippen molar-refractivity contribution in [1.82, 2.24) is 4.57 Å². The van der Waals surface area contributed by atoms with Crippen molar-refractivity contribution in [2.24, 2.45) is 0 Å². The van der Waals surface area contributed by atoms with Gasteiger partial charge in [0.05, 0.1) is 11.0 Å². The molecular weight excluding hydrogens is 496 g/mol. The second kappa shape index (κ2) is 7.55. The molecule has 7 aromatic carbocycles. The van der Waals surface area contributed by atoms with Gasteiger partial charge in [-0.05, 0) is 73.8 Å². The second-order valence-electron chi connectivity index (χ2n) is 10.7. The monoisotopic (exact) mass is 517 g/mol. The number of aromatic nitrogens is 1. The van der Waals surface area contributed by atoms with Crippen LogP contribution in [0.15, 0.2) is 127 Å². The van der Waals surface area contributed by atoms with Gasteiger partial charge in [-0.15, -0.1) is 0 Å². The summed E-state index contributed by atoms with van der Waals surface area (Å²) in [4.78, 5) is 0. The molecule has 0 saturated heterocycles. The summed E-state index contributed by atoms with van der Waals surface area (Å²) >= 11 is 0. The minimum absolute atomic E-state index is 0.0717. The molecule has 9 rings (SSSR count). The summed E-state index contributed by atoms with van der Waals surface area (Å²) in [5.41, 5.74) is 4.13. The summed E-state index contributed by atoms with van der Waals surface area (Å²) in [6, 6.07) is 42.3. The molecule has 1 aromatic heterocycles. The molecule has 0 N–H and O–H groups in total. The molecule has 0 aliphatic heterocycles. The molecule has 0 bridgehead atoms. The Hall–Kier alpha value is -5.02. The molecule has 1 aliphatic rings. The number of para-hydroxylation sites is 1. The van der Waals surface area contributed by atoms with Crippen LogP contribution in [0, 0.1) is 0 Å². The third-order valence-electron chi connectivity index (χ3n) is 8.69. The van der Waals surface area contributed by atoms with Gasteiger partial charge in [-0.25, -0.2) is 0 Å². The van der Waals surface area contributed by atoms with Gasteiger partial charge in [-0.3, -0.25) is 0 Å². The maximum atomic E-state index is 15.8.